The molecule has 5 nitrogen and oxygen atoms in total. The Morgan fingerprint density at radius 3 is 2.68 bits per heavy atom. The second kappa shape index (κ2) is 7.41. The summed E-state index contributed by atoms with van der Waals surface area (Å²) in [5.74, 6) is 1.41. The topological polar surface area (TPSA) is 37.8 Å². The van der Waals surface area contributed by atoms with E-state index in [1.165, 1.54) is 6.07 Å². The van der Waals surface area contributed by atoms with Crippen LogP contribution < -0.4 is 14.4 Å². The molecule has 0 saturated carbocycles. The van der Waals surface area contributed by atoms with Crippen molar-refractivity contribution in [1.29, 1.82) is 0 Å². The van der Waals surface area contributed by atoms with Crippen LogP contribution in [0.1, 0.15) is 5.69 Å². The van der Waals surface area contributed by atoms with Gasteiger partial charge in [-0.25, -0.2) is 9.37 Å². The van der Waals surface area contributed by atoms with Crippen molar-refractivity contribution in [3.05, 3.63) is 59.4 Å². The Kier molecular flexibility index (Phi) is 4.62. The molecule has 2 aromatic carbocycles. The molecule has 7 heteroatoms. The number of thiazole rings is 1. The van der Waals surface area contributed by atoms with Gasteiger partial charge < -0.3 is 14.4 Å². The Hall–Kier alpha value is -2.64. The lowest BCUT2D eigenvalue weighted by molar-refractivity contribution is 0.174. The summed E-state index contributed by atoms with van der Waals surface area (Å²) in [4.78, 5) is 9.29. The summed E-state index contributed by atoms with van der Waals surface area (Å²) in [6.45, 7) is 4.52. The normalized spacial score (nSPS) is 16.5. The molecule has 0 bridgehead atoms. The zero-order chi connectivity index (χ0) is 18.9. The van der Waals surface area contributed by atoms with E-state index in [0.717, 1.165) is 60.5 Å². The fourth-order valence-electron chi connectivity index (χ4n) is 3.63. The Balaban J connectivity index is 1.22. The maximum atomic E-state index is 14.0. The minimum Gasteiger partial charge on any atom is -0.454 e. The van der Waals surface area contributed by atoms with Crippen LogP contribution in [0.2, 0.25) is 0 Å². The first-order valence-corrected chi connectivity index (χ1v) is 10.2. The van der Waals surface area contributed by atoms with Gasteiger partial charge in [-0.2, -0.15) is 0 Å². The second-order valence-electron chi connectivity index (χ2n) is 6.93. The number of fused-ring (bicyclic) bond motifs is 1. The highest BCUT2D eigenvalue weighted by Crippen LogP contribution is 2.36. The molecule has 0 spiro atoms. The summed E-state index contributed by atoms with van der Waals surface area (Å²) in [6, 6.07) is 12.9. The van der Waals surface area contributed by atoms with Gasteiger partial charge in [-0.05, 0) is 30.3 Å². The zero-order valence-corrected chi connectivity index (χ0v) is 16.1. The molecule has 1 fully saturated rings. The van der Waals surface area contributed by atoms with Crippen molar-refractivity contribution in [2.75, 3.05) is 37.9 Å². The van der Waals surface area contributed by atoms with Crippen LogP contribution in [0, 0.1) is 5.82 Å². The van der Waals surface area contributed by atoms with E-state index < -0.39 is 0 Å². The quantitative estimate of drug-likeness (QED) is 0.665. The SMILES string of the molecule is Fc1ccccc1N1CCN(Cc2csc(-c3ccc4c(c3)OCO4)n2)CC1. The Labute approximate surface area is 166 Å². The fourth-order valence-corrected chi connectivity index (χ4v) is 4.43. The molecule has 0 atom stereocenters. The summed E-state index contributed by atoms with van der Waals surface area (Å²) in [6.07, 6.45) is 0. The first-order valence-electron chi connectivity index (χ1n) is 9.32. The van der Waals surface area contributed by atoms with E-state index >= 15 is 0 Å². The van der Waals surface area contributed by atoms with E-state index in [4.69, 9.17) is 14.5 Å². The molecule has 1 saturated heterocycles. The summed E-state index contributed by atoms with van der Waals surface area (Å²) in [7, 11) is 0. The zero-order valence-electron chi connectivity index (χ0n) is 15.3. The number of benzene rings is 2. The van der Waals surface area contributed by atoms with Crippen LogP contribution in [0.15, 0.2) is 47.8 Å². The smallest absolute Gasteiger partial charge is 0.231 e. The minimum atomic E-state index is -0.149. The van der Waals surface area contributed by atoms with Gasteiger partial charge in [-0.3, -0.25) is 4.90 Å². The van der Waals surface area contributed by atoms with E-state index in [-0.39, 0.29) is 12.6 Å². The van der Waals surface area contributed by atoms with Crippen molar-refractivity contribution in [3.8, 4) is 22.1 Å². The molecule has 2 aliphatic heterocycles. The summed E-state index contributed by atoms with van der Waals surface area (Å²) >= 11 is 1.64. The van der Waals surface area contributed by atoms with Crippen molar-refractivity contribution in [2.24, 2.45) is 0 Å². The molecule has 28 heavy (non-hydrogen) atoms. The lowest BCUT2D eigenvalue weighted by Gasteiger charge is -2.35. The van der Waals surface area contributed by atoms with Crippen molar-refractivity contribution >= 4 is 17.0 Å². The van der Waals surface area contributed by atoms with Gasteiger partial charge in [0, 0.05) is 43.7 Å². The first-order chi connectivity index (χ1) is 13.8. The van der Waals surface area contributed by atoms with Crippen molar-refractivity contribution in [1.82, 2.24) is 9.88 Å². The number of hydrogen-bond acceptors (Lipinski definition) is 6. The molecular weight excluding hydrogens is 377 g/mol. The van der Waals surface area contributed by atoms with Gasteiger partial charge in [0.15, 0.2) is 11.5 Å². The van der Waals surface area contributed by atoms with E-state index in [1.54, 1.807) is 17.4 Å². The third-order valence-electron chi connectivity index (χ3n) is 5.12. The lowest BCUT2D eigenvalue weighted by atomic mass is 10.2. The van der Waals surface area contributed by atoms with Crippen molar-refractivity contribution in [3.63, 3.8) is 0 Å². The van der Waals surface area contributed by atoms with Crippen LogP contribution in [0.25, 0.3) is 10.6 Å². The summed E-state index contributed by atoms with van der Waals surface area (Å²) < 4.78 is 24.8. The molecule has 0 aliphatic carbocycles. The van der Waals surface area contributed by atoms with Gasteiger partial charge >= 0.3 is 0 Å². The molecule has 0 radical (unpaired) electrons. The minimum absolute atomic E-state index is 0.149. The number of anilines is 1. The van der Waals surface area contributed by atoms with Crippen LogP contribution in [-0.2, 0) is 6.54 Å². The fraction of sp³-hybridized carbons (Fsp3) is 0.286. The second-order valence-corrected chi connectivity index (χ2v) is 7.78. The standard InChI is InChI=1S/C21H20FN3O2S/c22-17-3-1-2-4-18(17)25-9-7-24(8-10-25)12-16-13-28-21(23-16)15-5-6-19-20(11-15)27-14-26-19/h1-6,11,13H,7-10,12,14H2. The van der Waals surface area contributed by atoms with Crippen molar-refractivity contribution < 1.29 is 13.9 Å². The molecule has 0 unspecified atom stereocenters. The molecular formula is C21H20FN3O2S. The largest absolute Gasteiger partial charge is 0.454 e. The highest BCUT2D eigenvalue weighted by atomic mass is 32.1. The summed E-state index contributed by atoms with van der Waals surface area (Å²) in [5.41, 5.74) is 2.81. The number of hydrogen-bond donors (Lipinski definition) is 0. The number of nitrogens with zero attached hydrogens (tertiary/aromatic N) is 3. The average Bonchev–Trinajstić information content (AvgIpc) is 3.38. The molecule has 2 aliphatic rings. The third-order valence-corrected chi connectivity index (χ3v) is 6.06. The van der Waals surface area contributed by atoms with E-state index in [2.05, 4.69) is 15.2 Å². The van der Waals surface area contributed by atoms with Gasteiger partial charge in [0.25, 0.3) is 0 Å². The van der Waals surface area contributed by atoms with Crippen LogP contribution in [0.3, 0.4) is 0 Å². The number of piperazine rings is 1. The number of ether oxygens (including phenoxy) is 2. The molecule has 5 rings (SSSR count). The predicted molar refractivity (Wildman–Crippen MR) is 108 cm³/mol. The summed E-state index contributed by atoms with van der Waals surface area (Å²) in [5, 5.41) is 3.10. The van der Waals surface area contributed by atoms with Gasteiger partial charge in [0.1, 0.15) is 10.8 Å². The number of aromatic nitrogens is 1. The lowest BCUT2D eigenvalue weighted by Crippen LogP contribution is -2.46. The van der Waals surface area contributed by atoms with Gasteiger partial charge in [-0.1, -0.05) is 12.1 Å². The molecule has 3 heterocycles. The van der Waals surface area contributed by atoms with E-state index in [0.29, 0.717) is 5.69 Å². The molecule has 0 N–H and O–H groups in total. The maximum Gasteiger partial charge on any atom is 0.231 e. The van der Waals surface area contributed by atoms with E-state index in [1.807, 2.05) is 30.3 Å². The Morgan fingerprint density at radius 1 is 1.00 bits per heavy atom. The highest BCUT2D eigenvalue weighted by Gasteiger charge is 2.20. The van der Waals surface area contributed by atoms with Gasteiger partial charge in [0.05, 0.1) is 11.4 Å². The molecule has 3 aromatic rings. The highest BCUT2D eigenvalue weighted by molar-refractivity contribution is 7.13. The maximum absolute atomic E-state index is 14.0. The predicted octanol–water partition coefficient (Wildman–Crippen LogP) is 4.00. The molecule has 1 aromatic heterocycles. The van der Waals surface area contributed by atoms with Gasteiger partial charge in [0.2, 0.25) is 6.79 Å². The number of para-hydroxylation sites is 1. The molecule has 144 valence electrons. The van der Waals surface area contributed by atoms with Gasteiger partial charge in [-0.15, -0.1) is 11.3 Å². The Morgan fingerprint density at radius 2 is 1.82 bits per heavy atom. The third kappa shape index (κ3) is 3.43. The Bertz CT molecular complexity index is 985. The number of rotatable bonds is 4. The number of halogens is 1. The van der Waals surface area contributed by atoms with Crippen LogP contribution in [0.5, 0.6) is 11.5 Å². The monoisotopic (exact) mass is 397 g/mol. The van der Waals surface area contributed by atoms with Crippen LogP contribution in [-0.4, -0.2) is 42.9 Å². The first kappa shape index (κ1) is 17.5. The van der Waals surface area contributed by atoms with Crippen LogP contribution in [0.4, 0.5) is 10.1 Å². The molecule has 0 amide bonds. The van der Waals surface area contributed by atoms with Crippen LogP contribution >= 0.6 is 11.3 Å². The van der Waals surface area contributed by atoms with E-state index in [9.17, 15) is 4.39 Å². The van der Waals surface area contributed by atoms with Crippen molar-refractivity contribution in [2.45, 2.75) is 6.54 Å². The average molecular weight is 397 g/mol.